The summed E-state index contributed by atoms with van der Waals surface area (Å²) in [5.41, 5.74) is 5.44. The van der Waals surface area contributed by atoms with Crippen LogP contribution in [0.4, 0.5) is 5.82 Å². The van der Waals surface area contributed by atoms with E-state index in [9.17, 15) is 4.79 Å². The molecule has 0 saturated carbocycles. The van der Waals surface area contributed by atoms with Gasteiger partial charge in [0.15, 0.2) is 0 Å². The number of amides is 1. The molecular formula is C8H13N3O. The standard InChI is InChI=1S/C8H13N3O/c1-6(9)8(12)11(2)7-4-3-5-10-7/h3-6,10H,9H2,1-2H3. The molecule has 1 heterocycles. The third-order valence-electron chi connectivity index (χ3n) is 1.66. The lowest BCUT2D eigenvalue weighted by Crippen LogP contribution is -2.39. The fraction of sp³-hybridized carbons (Fsp3) is 0.375. The Hall–Kier alpha value is -1.29. The van der Waals surface area contributed by atoms with Crippen molar-refractivity contribution in [1.82, 2.24) is 4.98 Å². The zero-order valence-electron chi connectivity index (χ0n) is 7.24. The summed E-state index contributed by atoms with van der Waals surface area (Å²) in [6.45, 7) is 1.67. The second-order valence-electron chi connectivity index (χ2n) is 2.74. The molecule has 0 aliphatic heterocycles. The van der Waals surface area contributed by atoms with Gasteiger partial charge < -0.3 is 15.6 Å². The molecule has 4 nitrogen and oxygen atoms in total. The maximum absolute atomic E-state index is 11.3. The number of aromatic nitrogens is 1. The van der Waals surface area contributed by atoms with Crippen molar-refractivity contribution in [1.29, 1.82) is 0 Å². The van der Waals surface area contributed by atoms with Gasteiger partial charge in [-0.2, -0.15) is 0 Å². The van der Waals surface area contributed by atoms with Crippen molar-refractivity contribution in [3.05, 3.63) is 18.3 Å². The Morgan fingerprint density at radius 3 is 2.83 bits per heavy atom. The highest BCUT2D eigenvalue weighted by molar-refractivity contribution is 5.95. The maximum Gasteiger partial charge on any atom is 0.244 e. The molecule has 0 radical (unpaired) electrons. The SMILES string of the molecule is CC(N)C(=O)N(C)c1ccc[nH]1. The molecule has 0 saturated heterocycles. The molecule has 4 heteroatoms. The third-order valence-corrected chi connectivity index (χ3v) is 1.66. The zero-order valence-corrected chi connectivity index (χ0v) is 7.24. The second-order valence-corrected chi connectivity index (χ2v) is 2.74. The van der Waals surface area contributed by atoms with Crippen molar-refractivity contribution in [3.8, 4) is 0 Å². The lowest BCUT2D eigenvalue weighted by atomic mass is 10.3. The molecule has 12 heavy (non-hydrogen) atoms. The summed E-state index contributed by atoms with van der Waals surface area (Å²) >= 11 is 0. The Balaban J connectivity index is 2.72. The monoisotopic (exact) mass is 167 g/mol. The van der Waals surface area contributed by atoms with Gasteiger partial charge in [-0.3, -0.25) is 4.79 Å². The summed E-state index contributed by atoms with van der Waals surface area (Å²) in [5, 5.41) is 0. The number of hydrogen-bond donors (Lipinski definition) is 2. The molecule has 1 aromatic heterocycles. The second kappa shape index (κ2) is 3.40. The van der Waals surface area contributed by atoms with Crippen LogP contribution >= 0.6 is 0 Å². The number of nitrogens with zero attached hydrogens (tertiary/aromatic N) is 1. The lowest BCUT2D eigenvalue weighted by molar-refractivity contribution is -0.119. The van der Waals surface area contributed by atoms with Gasteiger partial charge in [0.25, 0.3) is 0 Å². The van der Waals surface area contributed by atoms with E-state index in [1.165, 1.54) is 4.90 Å². The van der Waals surface area contributed by atoms with Crippen LogP contribution in [0.15, 0.2) is 18.3 Å². The van der Waals surface area contributed by atoms with Gasteiger partial charge in [0, 0.05) is 13.2 Å². The number of nitrogens with two attached hydrogens (primary N) is 1. The summed E-state index contributed by atoms with van der Waals surface area (Å²) in [6, 6.07) is 3.19. The summed E-state index contributed by atoms with van der Waals surface area (Å²) in [4.78, 5) is 15.7. The fourth-order valence-corrected chi connectivity index (χ4v) is 0.954. The number of aromatic amines is 1. The molecule has 0 bridgehead atoms. The van der Waals surface area contributed by atoms with Crippen LogP contribution in [0.1, 0.15) is 6.92 Å². The topological polar surface area (TPSA) is 62.1 Å². The highest BCUT2D eigenvalue weighted by Gasteiger charge is 2.14. The number of anilines is 1. The van der Waals surface area contributed by atoms with Crippen LogP contribution in [-0.4, -0.2) is 24.0 Å². The Labute approximate surface area is 71.4 Å². The van der Waals surface area contributed by atoms with E-state index in [0.717, 1.165) is 5.82 Å². The molecule has 0 spiro atoms. The smallest absolute Gasteiger partial charge is 0.244 e. The first-order chi connectivity index (χ1) is 5.63. The van der Waals surface area contributed by atoms with Crippen molar-refractivity contribution in [2.24, 2.45) is 5.73 Å². The third kappa shape index (κ3) is 1.65. The number of H-pyrrole nitrogens is 1. The highest BCUT2D eigenvalue weighted by Crippen LogP contribution is 2.08. The number of hydrogen-bond acceptors (Lipinski definition) is 2. The van der Waals surface area contributed by atoms with E-state index in [2.05, 4.69) is 4.98 Å². The van der Waals surface area contributed by atoms with Crippen LogP contribution in [0, 0.1) is 0 Å². The molecule has 1 rings (SSSR count). The van der Waals surface area contributed by atoms with Crippen LogP contribution in [0.3, 0.4) is 0 Å². The summed E-state index contributed by atoms with van der Waals surface area (Å²) in [5.74, 6) is 0.662. The summed E-state index contributed by atoms with van der Waals surface area (Å²) in [6.07, 6.45) is 1.76. The minimum Gasteiger partial charge on any atom is -0.348 e. The van der Waals surface area contributed by atoms with E-state index in [4.69, 9.17) is 5.73 Å². The van der Waals surface area contributed by atoms with Crippen LogP contribution < -0.4 is 10.6 Å². The predicted octanol–water partition coefficient (Wildman–Crippen LogP) is 0.325. The highest BCUT2D eigenvalue weighted by atomic mass is 16.2. The van der Waals surface area contributed by atoms with Gasteiger partial charge in [0.2, 0.25) is 5.91 Å². The molecule has 1 amide bonds. The maximum atomic E-state index is 11.3. The summed E-state index contributed by atoms with van der Waals surface area (Å²) in [7, 11) is 1.69. The van der Waals surface area contributed by atoms with Crippen molar-refractivity contribution < 1.29 is 4.79 Å². The molecule has 0 aliphatic rings. The number of likely N-dealkylation sites (N-methyl/N-ethyl adjacent to an activating group) is 1. The summed E-state index contributed by atoms with van der Waals surface area (Å²) < 4.78 is 0. The van der Waals surface area contributed by atoms with Crippen LogP contribution in [0.25, 0.3) is 0 Å². The van der Waals surface area contributed by atoms with E-state index in [1.807, 2.05) is 12.1 Å². The molecule has 66 valence electrons. The van der Waals surface area contributed by atoms with Crippen molar-refractivity contribution in [2.45, 2.75) is 13.0 Å². The van der Waals surface area contributed by atoms with Gasteiger partial charge in [-0.1, -0.05) is 0 Å². The minimum atomic E-state index is -0.460. The average Bonchev–Trinajstić information content (AvgIpc) is 2.53. The zero-order chi connectivity index (χ0) is 9.14. The number of carbonyl (C=O) groups is 1. The van der Waals surface area contributed by atoms with Gasteiger partial charge in [0.05, 0.1) is 6.04 Å². The Morgan fingerprint density at radius 1 is 1.75 bits per heavy atom. The first-order valence-electron chi connectivity index (χ1n) is 3.79. The molecule has 1 aromatic rings. The fourth-order valence-electron chi connectivity index (χ4n) is 0.954. The Bertz CT molecular complexity index is 253. The molecule has 0 aromatic carbocycles. The predicted molar refractivity (Wildman–Crippen MR) is 47.9 cm³/mol. The van der Waals surface area contributed by atoms with E-state index in [0.29, 0.717) is 0 Å². The van der Waals surface area contributed by atoms with E-state index >= 15 is 0 Å². The van der Waals surface area contributed by atoms with Gasteiger partial charge >= 0.3 is 0 Å². The van der Waals surface area contributed by atoms with Crippen LogP contribution in [0.5, 0.6) is 0 Å². The number of rotatable bonds is 2. The van der Waals surface area contributed by atoms with Gasteiger partial charge in [-0.25, -0.2) is 0 Å². The minimum absolute atomic E-state index is 0.0996. The normalized spacial score (nSPS) is 12.6. The van der Waals surface area contributed by atoms with Crippen LogP contribution in [-0.2, 0) is 4.79 Å². The molecule has 0 fully saturated rings. The molecule has 0 aliphatic carbocycles. The molecule has 3 N–H and O–H groups in total. The number of carbonyl (C=O) groups excluding carboxylic acids is 1. The lowest BCUT2D eigenvalue weighted by Gasteiger charge is -2.17. The Kier molecular flexibility index (Phi) is 2.50. The van der Waals surface area contributed by atoms with Gasteiger partial charge in [-0.15, -0.1) is 0 Å². The van der Waals surface area contributed by atoms with Crippen LogP contribution in [0.2, 0.25) is 0 Å². The molecule has 1 atom stereocenters. The largest absolute Gasteiger partial charge is 0.348 e. The Morgan fingerprint density at radius 2 is 2.42 bits per heavy atom. The van der Waals surface area contributed by atoms with E-state index in [1.54, 1.807) is 20.2 Å². The molecule has 1 unspecified atom stereocenters. The van der Waals surface area contributed by atoms with Crippen molar-refractivity contribution in [2.75, 3.05) is 11.9 Å². The average molecular weight is 167 g/mol. The quantitative estimate of drug-likeness (QED) is 0.666. The van der Waals surface area contributed by atoms with Crippen molar-refractivity contribution >= 4 is 11.7 Å². The molecular weight excluding hydrogens is 154 g/mol. The first kappa shape index (κ1) is 8.80. The van der Waals surface area contributed by atoms with Crippen molar-refractivity contribution in [3.63, 3.8) is 0 Å². The van der Waals surface area contributed by atoms with E-state index in [-0.39, 0.29) is 5.91 Å². The van der Waals surface area contributed by atoms with E-state index < -0.39 is 6.04 Å². The first-order valence-corrected chi connectivity index (χ1v) is 3.79. The van der Waals surface area contributed by atoms with Gasteiger partial charge in [0.1, 0.15) is 5.82 Å². The van der Waals surface area contributed by atoms with Gasteiger partial charge in [-0.05, 0) is 19.1 Å². The number of nitrogens with one attached hydrogen (secondary N) is 1.